The summed E-state index contributed by atoms with van der Waals surface area (Å²) >= 11 is 0. The van der Waals surface area contributed by atoms with Gasteiger partial charge in [-0.3, -0.25) is 10.0 Å². The van der Waals surface area contributed by atoms with E-state index in [-0.39, 0.29) is 13.2 Å². The van der Waals surface area contributed by atoms with Crippen LogP contribution in [0.2, 0.25) is 0 Å². The number of amides is 1. The number of hydrogen-bond donors (Lipinski definition) is 2. The van der Waals surface area contributed by atoms with E-state index in [1.807, 2.05) is 6.07 Å². The highest BCUT2D eigenvalue weighted by Crippen LogP contribution is 2.43. The Morgan fingerprint density at radius 2 is 2.04 bits per heavy atom. The summed E-state index contributed by atoms with van der Waals surface area (Å²) in [5.74, 6) is -0.323. The zero-order valence-corrected chi connectivity index (χ0v) is 13.7. The van der Waals surface area contributed by atoms with Gasteiger partial charge >= 0.3 is 0 Å². The Morgan fingerprint density at radius 1 is 1.42 bits per heavy atom. The van der Waals surface area contributed by atoms with Gasteiger partial charge in [-0.1, -0.05) is 0 Å². The molecule has 8 heteroatoms. The summed E-state index contributed by atoms with van der Waals surface area (Å²) in [6, 6.07) is 5.44. The minimum Gasteiger partial charge on any atom is -0.479 e. The first-order valence-corrected chi connectivity index (χ1v) is 7.28. The van der Waals surface area contributed by atoms with E-state index in [4.69, 9.17) is 19.5 Å². The van der Waals surface area contributed by atoms with Crippen LogP contribution in [0.1, 0.15) is 24.1 Å². The van der Waals surface area contributed by atoms with Gasteiger partial charge in [-0.2, -0.15) is 5.26 Å². The van der Waals surface area contributed by atoms with E-state index in [9.17, 15) is 15.1 Å². The monoisotopic (exact) mass is 336 g/mol. The lowest BCUT2D eigenvalue weighted by Gasteiger charge is -2.46. The number of aliphatic hydroxyl groups is 1. The van der Waals surface area contributed by atoms with Gasteiger partial charge in [0, 0.05) is 26.7 Å². The van der Waals surface area contributed by atoms with Gasteiger partial charge in [0.25, 0.3) is 0 Å². The second-order valence-electron chi connectivity index (χ2n) is 5.65. The average Bonchev–Trinajstić information content (AvgIpc) is 2.55. The molecule has 1 amide bonds. The first-order valence-electron chi connectivity index (χ1n) is 7.28. The molecule has 130 valence electrons. The Kier molecular flexibility index (Phi) is 5.41. The lowest BCUT2D eigenvalue weighted by atomic mass is 9.84. The van der Waals surface area contributed by atoms with Gasteiger partial charge in [0.1, 0.15) is 17.9 Å². The molecule has 0 unspecified atom stereocenters. The number of aliphatic hydroxyl groups excluding tert-OH is 1. The van der Waals surface area contributed by atoms with Crippen LogP contribution in [-0.4, -0.2) is 60.4 Å². The molecule has 0 spiro atoms. The molecule has 2 atom stereocenters. The predicted octanol–water partition coefficient (Wildman–Crippen LogP) is 0.622. The van der Waals surface area contributed by atoms with Gasteiger partial charge < -0.3 is 19.3 Å². The van der Waals surface area contributed by atoms with Crippen LogP contribution in [0.25, 0.3) is 0 Å². The number of nitriles is 1. The fourth-order valence-electron chi connectivity index (χ4n) is 2.90. The lowest BCUT2D eigenvalue weighted by molar-refractivity contribution is -0.218. The van der Waals surface area contributed by atoms with Crippen molar-refractivity contribution in [2.75, 3.05) is 27.4 Å². The van der Waals surface area contributed by atoms with Gasteiger partial charge in [0.15, 0.2) is 5.60 Å². The van der Waals surface area contributed by atoms with Crippen molar-refractivity contribution in [3.8, 4) is 11.8 Å². The molecular weight excluding hydrogens is 316 g/mol. The normalized spacial score (nSPS) is 21.3. The number of nitrogens with zero attached hydrogens (tertiary/aromatic N) is 2. The van der Waals surface area contributed by atoms with Crippen molar-refractivity contribution in [2.45, 2.75) is 24.7 Å². The molecule has 0 aromatic heterocycles. The van der Waals surface area contributed by atoms with Crippen LogP contribution >= 0.6 is 0 Å². The number of hydroxylamine groups is 2. The highest BCUT2D eigenvalue weighted by molar-refractivity contribution is 5.73. The molecule has 0 bridgehead atoms. The molecule has 0 fully saturated rings. The largest absolute Gasteiger partial charge is 0.479 e. The molecule has 0 saturated carbocycles. The molecule has 2 N–H and O–H groups in total. The zero-order valence-electron chi connectivity index (χ0n) is 13.7. The van der Waals surface area contributed by atoms with E-state index in [1.54, 1.807) is 12.1 Å². The predicted molar refractivity (Wildman–Crippen MR) is 81.3 cm³/mol. The first-order chi connectivity index (χ1) is 11.4. The minimum absolute atomic E-state index is 0.0241. The van der Waals surface area contributed by atoms with Crippen molar-refractivity contribution in [1.82, 2.24) is 5.06 Å². The number of fused-ring (bicyclic) bond motifs is 1. The van der Waals surface area contributed by atoms with Gasteiger partial charge in [0.2, 0.25) is 5.91 Å². The van der Waals surface area contributed by atoms with E-state index in [1.165, 1.54) is 27.2 Å². The van der Waals surface area contributed by atoms with Crippen molar-refractivity contribution in [3.63, 3.8) is 0 Å². The van der Waals surface area contributed by atoms with Gasteiger partial charge in [0.05, 0.1) is 24.8 Å². The van der Waals surface area contributed by atoms with E-state index in [0.717, 1.165) is 0 Å². The Labute approximate surface area is 139 Å². The summed E-state index contributed by atoms with van der Waals surface area (Å²) in [7, 11) is 2.89. The van der Waals surface area contributed by atoms with Crippen molar-refractivity contribution in [2.24, 2.45) is 0 Å². The summed E-state index contributed by atoms with van der Waals surface area (Å²) in [4.78, 5) is 11.7. The second kappa shape index (κ2) is 7.15. The molecular formula is C16H20N2O6. The molecule has 1 aromatic carbocycles. The van der Waals surface area contributed by atoms with E-state index in [0.29, 0.717) is 21.9 Å². The number of hydrogen-bond acceptors (Lipinski definition) is 7. The molecule has 1 aliphatic rings. The zero-order chi connectivity index (χ0) is 17.9. The van der Waals surface area contributed by atoms with Crippen molar-refractivity contribution < 1.29 is 29.3 Å². The van der Waals surface area contributed by atoms with E-state index in [2.05, 4.69) is 0 Å². The maximum atomic E-state index is 11.7. The Balaban J connectivity index is 2.61. The van der Waals surface area contributed by atoms with Crippen LogP contribution in [0, 0.1) is 11.3 Å². The molecule has 0 radical (unpaired) electrons. The van der Waals surface area contributed by atoms with Crippen LogP contribution in [-0.2, 0) is 14.3 Å². The molecule has 1 heterocycles. The summed E-state index contributed by atoms with van der Waals surface area (Å²) in [6.07, 6.45) is -1.34. The van der Waals surface area contributed by atoms with Crippen LogP contribution in [0.3, 0.4) is 0 Å². The third-order valence-electron chi connectivity index (χ3n) is 3.97. The Hall–Kier alpha value is -2.18. The topological polar surface area (TPSA) is 112 Å². The van der Waals surface area contributed by atoms with Crippen LogP contribution < -0.4 is 4.74 Å². The van der Waals surface area contributed by atoms with Crippen LogP contribution in [0.4, 0.5) is 0 Å². The third kappa shape index (κ3) is 3.07. The molecule has 1 aromatic rings. The number of benzene rings is 1. The van der Waals surface area contributed by atoms with Gasteiger partial charge in [-0.15, -0.1) is 0 Å². The quantitative estimate of drug-likeness (QED) is 0.599. The minimum atomic E-state index is -1.34. The van der Waals surface area contributed by atoms with E-state index >= 15 is 0 Å². The highest BCUT2D eigenvalue weighted by atomic mass is 16.6. The number of carbonyl (C=O) groups is 1. The molecule has 8 nitrogen and oxygen atoms in total. The number of rotatable bonds is 5. The lowest BCUT2D eigenvalue weighted by Crippen LogP contribution is -2.61. The van der Waals surface area contributed by atoms with Gasteiger partial charge in [-0.05, 0) is 18.2 Å². The van der Waals surface area contributed by atoms with Gasteiger partial charge in [-0.25, -0.2) is 5.06 Å². The maximum absolute atomic E-state index is 11.7. The number of carbonyl (C=O) groups excluding carboxylic acids is 1. The number of methoxy groups -OCH3 is 2. The summed E-state index contributed by atoms with van der Waals surface area (Å²) in [6.45, 7) is 1.12. The second-order valence-corrected chi connectivity index (χ2v) is 5.65. The first kappa shape index (κ1) is 18.2. The molecule has 24 heavy (non-hydrogen) atoms. The SMILES string of the molecule is COCC1(COC)Oc2ccc(C#N)cc2[C@@H](N(O)C(C)=O)[C@@H]1O. The van der Waals surface area contributed by atoms with Crippen molar-refractivity contribution in [1.29, 1.82) is 5.26 Å². The third-order valence-corrected chi connectivity index (χ3v) is 3.97. The summed E-state index contributed by atoms with van der Waals surface area (Å²) in [5.41, 5.74) is -0.661. The van der Waals surface area contributed by atoms with E-state index < -0.39 is 23.7 Å². The molecule has 1 aliphatic heterocycles. The summed E-state index contributed by atoms with van der Waals surface area (Å²) in [5, 5.41) is 30.6. The van der Waals surface area contributed by atoms with Crippen LogP contribution in [0.15, 0.2) is 18.2 Å². The fourth-order valence-corrected chi connectivity index (χ4v) is 2.90. The highest BCUT2D eigenvalue weighted by Gasteiger charge is 2.52. The fraction of sp³-hybridized carbons (Fsp3) is 0.500. The van der Waals surface area contributed by atoms with Crippen LogP contribution in [0.5, 0.6) is 5.75 Å². The maximum Gasteiger partial charge on any atom is 0.243 e. The Morgan fingerprint density at radius 3 is 2.54 bits per heavy atom. The molecule has 2 rings (SSSR count). The average molecular weight is 336 g/mol. The molecule has 0 saturated heterocycles. The number of ether oxygens (including phenoxy) is 3. The summed E-state index contributed by atoms with van der Waals surface area (Å²) < 4.78 is 16.2. The van der Waals surface area contributed by atoms with Crippen molar-refractivity contribution >= 4 is 5.91 Å². The molecule has 0 aliphatic carbocycles. The Bertz CT molecular complexity index is 650. The standard InChI is InChI=1S/C16H20N2O6/c1-10(19)18(21)14-12-6-11(7-17)4-5-13(12)24-16(8-22-2,9-23-3)15(14)20/h4-6,14-15,20-21H,8-9H2,1-3H3/t14-,15+/m1/s1. The van der Waals surface area contributed by atoms with Crippen molar-refractivity contribution in [3.05, 3.63) is 29.3 Å². The smallest absolute Gasteiger partial charge is 0.243 e.